The molecule has 10 heteroatoms. The van der Waals surface area contributed by atoms with E-state index in [1.54, 1.807) is 28.1 Å². The summed E-state index contributed by atoms with van der Waals surface area (Å²) in [5, 5.41) is 11.5. The number of rotatable bonds is 7. The highest BCUT2D eigenvalue weighted by Crippen LogP contribution is 2.25. The van der Waals surface area contributed by atoms with Gasteiger partial charge in [-0.25, -0.2) is 4.98 Å². The summed E-state index contributed by atoms with van der Waals surface area (Å²) in [6, 6.07) is 4.47. The van der Waals surface area contributed by atoms with Crippen LogP contribution in [0.25, 0.3) is 5.69 Å². The van der Waals surface area contributed by atoms with Crippen LogP contribution in [0, 0.1) is 10.1 Å². The Hall–Kier alpha value is -3.27. The van der Waals surface area contributed by atoms with Crippen molar-refractivity contribution in [2.75, 3.05) is 45.8 Å². The molecule has 160 valence electrons. The van der Waals surface area contributed by atoms with E-state index in [0.29, 0.717) is 51.5 Å². The number of carbonyl (C=O) groups excluding carboxylic acids is 2. The molecule has 0 unspecified atom stereocenters. The van der Waals surface area contributed by atoms with Gasteiger partial charge in [-0.1, -0.05) is 0 Å². The smallest absolute Gasteiger partial charge is 0.294 e. The van der Waals surface area contributed by atoms with Gasteiger partial charge in [-0.15, -0.1) is 0 Å². The summed E-state index contributed by atoms with van der Waals surface area (Å²) in [6.45, 7) is 7.74. The minimum atomic E-state index is -0.497. The van der Waals surface area contributed by atoms with E-state index in [-0.39, 0.29) is 23.1 Å². The van der Waals surface area contributed by atoms with E-state index in [2.05, 4.69) is 4.98 Å². The highest BCUT2D eigenvalue weighted by Gasteiger charge is 2.26. The molecule has 1 fully saturated rings. The Morgan fingerprint density at radius 2 is 1.87 bits per heavy atom. The Labute approximate surface area is 174 Å². The van der Waals surface area contributed by atoms with Gasteiger partial charge in [0.15, 0.2) is 0 Å². The van der Waals surface area contributed by atoms with Gasteiger partial charge in [0.25, 0.3) is 11.6 Å². The van der Waals surface area contributed by atoms with Gasteiger partial charge in [0, 0.05) is 63.3 Å². The van der Waals surface area contributed by atoms with Crippen molar-refractivity contribution in [1.29, 1.82) is 0 Å². The van der Waals surface area contributed by atoms with Crippen LogP contribution in [0.4, 0.5) is 5.69 Å². The van der Waals surface area contributed by atoms with Gasteiger partial charge >= 0.3 is 0 Å². The number of piperazine rings is 1. The number of hydrogen-bond acceptors (Lipinski definition) is 6. The molecule has 1 saturated heterocycles. The maximum Gasteiger partial charge on any atom is 0.294 e. The van der Waals surface area contributed by atoms with Crippen molar-refractivity contribution in [3.63, 3.8) is 0 Å². The first-order chi connectivity index (χ1) is 14.4. The zero-order valence-electron chi connectivity index (χ0n) is 17.2. The van der Waals surface area contributed by atoms with E-state index in [1.165, 1.54) is 23.2 Å². The molecule has 3 rings (SSSR count). The first-order valence-corrected chi connectivity index (χ1v) is 10.0. The number of nitro benzene ring substituents is 1. The van der Waals surface area contributed by atoms with E-state index in [9.17, 15) is 19.7 Å². The van der Waals surface area contributed by atoms with Crippen molar-refractivity contribution in [3.8, 4) is 5.69 Å². The maximum absolute atomic E-state index is 12.9. The van der Waals surface area contributed by atoms with Crippen molar-refractivity contribution in [1.82, 2.24) is 24.3 Å². The van der Waals surface area contributed by atoms with Crippen LogP contribution in [0.3, 0.4) is 0 Å². The second kappa shape index (κ2) is 9.49. The second-order valence-corrected chi connectivity index (χ2v) is 7.06. The summed E-state index contributed by atoms with van der Waals surface area (Å²) in [5.74, 6) is -0.157. The molecular formula is C20H26N6O4. The topological polar surface area (TPSA) is 105 Å². The standard InChI is InChI=1S/C20H26N6O4/c1-3-23(4-2)19(27)14-22-9-11-24(12-10-22)20(28)16-5-6-17(18(13-16)26(29)30)25-8-7-21-15-25/h5-8,13,15H,3-4,9-12,14H2,1-2H3. The fraction of sp³-hybridized carbons (Fsp3) is 0.450. The van der Waals surface area contributed by atoms with E-state index >= 15 is 0 Å². The predicted molar refractivity (Wildman–Crippen MR) is 110 cm³/mol. The average Bonchev–Trinajstić information content (AvgIpc) is 3.29. The number of carbonyl (C=O) groups is 2. The van der Waals surface area contributed by atoms with Crippen LogP contribution in [0.15, 0.2) is 36.9 Å². The molecule has 10 nitrogen and oxygen atoms in total. The Kier molecular flexibility index (Phi) is 6.78. The Morgan fingerprint density at radius 3 is 2.43 bits per heavy atom. The molecule has 2 amide bonds. The van der Waals surface area contributed by atoms with Crippen molar-refractivity contribution in [2.45, 2.75) is 13.8 Å². The number of imidazole rings is 1. The average molecular weight is 414 g/mol. The molecule has 0 aliphatic carbocycles. The zero-order valence-corrected chi connectivity index (χ0v) is 17.2. The molecule has 1 aliphatic heterocycles. The Morgan fingerprint density at radius 1 is 1.17 bits per heavy atom. The summed E-state index contributed by atoms with van der Waals surface area (Å²) in [7, 11) is 0. The molecule has 2 heterocycles. The van der Waals surface area contributed by atoms with E-state index in [1.807, 2.05) is 18.7 Å². The number of hydrogen-bond donors (Lipinski definition) is 0. The fourth-order valence-corrected chi connectivity index (χ4v) is 3.58. The molecule has 1 aromatic heterocycles. The third-order valence-corrected chi connectivity index (χ3v) is 5.34. The molecule has 0 bridgehead atoms. The molecular weight excluding hydrogens is 388 g/mol. The maximum atomic E-state index is 12.9. The lowest BCUT2D eigenvalue weighted by molar-refractivity contribution is -0.384. The molecule has 1 aliphatic rings. The number of likely N-dealkylation sites (N-methyl/N-ethyl adjacent to an activating group) is 1. The van der Waals surface area contributed by atoms with Crippen molar-refractivity contribution in [2.24, 2.45) is 0 Å². The molecule has 0 spiro atoms. The van der Waals surface area contributed by atoms with Gasteiger partial charge in [0.2, 0.25) is 5.91 Å². The van der Waals surface area contributed by atoms with Gasteiger partial charge in [0.05, 0.1) is 17.8 Å². The highest BCUT2D eigenvalue weighted by molar-refractivity contribution is 5.95. The van der Waals surface area contributed by atoms with Crippen LogP contribution < -0.4 is 0 Å². The Balaban J connectivity index is 1.66. The lowest BCUT2D eigenvalue weighted by atomic mass is 10.1. The summed E-state index contributed by atoms with van der Waals surface area (Å²) in [4.78, 5) is 45.6. The molecule has 0 N–H and O–H groups in total. The van der Waals surface area contributed by atoms with Crippen LogP contribution >= 0.6 is 0 Å². The normalized spacial score (nSPS) is 14.5. The van der Waals surface area contributed by atoms with Gasteiger partial charge in [0.1, 0.15) is 5.69 Å². The summed E-state index contributed by atoms with van der Waals surface area (Å²) < 4.78 is 1.54. The molecule has 2 aromatic rings. The molecule has 0 atom stereocenters. The van der Waals surface area contributed by atoms with Crippen LogP contribution in [0.1, 0.15) is 24.2 Å². The van der Waals surface area contributed by atoms with E-state index in [0.717, 1.165) is 0 Å². The summed E-state index contributed by atoms with van der Waals surface area (Å²) >= 11 is 0. The number of amides is 2. The summed E-state index contributed by atoms with van der Waals surface area (Å²) in [5.41, 5.74) is 0.481. The lowest BCUT2D eigenvalue weighted by Gasteiger charge is -2.35. The first kappa shape index (κ1) is 21.4. The fourth-order valence-electron chi connectivity index (χ4n) is 3.58. The molecule has 0 saturated carbocycles. The second-order valence-electron chi connectivity index (χ2n) is 7.06. The van der Waals surface area contributed by atoms with Crippen molar-refractivity contribution >= 4 is 17.5 Å². The number of nitro groups is 1. The number of benzene rings is 1. The van der Waals surface area contributed by atoms with Crippen LogP contribution in [0.2, 0.25) is 0 Å². The first-order valence-electron chi connectivity index (χ1n) is 10.0. The van der Waals surface area contributed by atoms with Crippen LogP contribution in [0.5, 0.6) is 0 Å². The third-order valence-electron chi connectivity index (χ3n) is 5.34. The lowest BCUT2D eigenvalue weighted by Crippen LogP contribution is -2.51. The molecule has 0 radical (unpaired) electrons. The van der Waals surface area contributed by atoms with Gasteiger partial charge in [-0.2, -0.15) is 0 Å². The van der Waals surface area contributed by atoms with Crippen molar-refractivity contribution < 1.29 is 14.5 Å². The van der Waals surface area contributed by atoms with Crippen molar-refractivity contribution in [3.05, 3.63) is 52.6 Å². The van der Waals surface area contributed by atoms with E-state index in [4.69, 9.17) is 0 Å². The van der Waals surface area contributed by atoms with Crippen LogP contribution in [-0.4, -0.2) is 86.8 Å². The molecule has 30 heavy (non-hydrogen) atoms. The van der Waals surface area contributed by atoms with Gasteiger partial charge in [-0.3, -0.25) is 24.6 Å². The number of nitrogens with zero attached hydrogens (tertiary/aromatic N) is 6. The minimum Gasteiger partial charge on any atom is -0.342 e. The SMILES string of the molecule is CCN(CC)C(=O)CN1CCN(C(=O)c2ccc(-n3ccnc3)c([N+](=O)[O-])c2)CC1. The Bertz CT molecular complexity index is 902. The highest BCUT2D eigenvalue weighted by atomic mass is 16.6. The third kappa shape index (κ3) is 4.65. The largest absolute Gasteiger partial charge is 0.342 e. The van der Waals surface area contributed by atoms with Gasteiger partial charge < -0.3 is 14.4 Å². The quantitative estimate of drug-likeness (QED) is 0.501. The zero-order chi connectivity index (χ0) is 21.7. The summed E-state index contributed by atoms with van der Waals surface area (Å²) in [6.07, 6.45) is 4.62. The van der Waals surface area contributed by atoms with Gasteiger partial charge in [-0.05, 0) is 26.0 Å². The van der Waals surface area contributed by atoms with E-state index < -0.39 is 4.92 Å². The van der Waals surface area contributed by atoms with Crippen LogP contribution in [-0.2, 0) is 4.79 Å². The number of aromatic nitrogens is 2. The molecule has 1 aromatic carbocycles. The predicted octanol–water partition coefficient (Wildman–Crippen LogP) is 1.41. The monoisotopic (exact) mass is 414 g/mol. The minimum absolute atomic E-state index is 0.0884.